The van der Waals surface area contributed by atoms with Gasteiger partial charge in [0.2, 0.25) is 0 Å². The summed E-state index contributed by atoms with van der Waals surface area (Å²) in [6.45, 7) is 4.30. The van der Waals surface area contributed by atoms with Gasteiger partial charge in [0.25, 0.3) is 5.56 Å². The van der Waals surface area contributed by atoms with E-state index in [1.54, 1.807) is 16.8 Å². The van der Waals surface area contributed by atoms with E-state index in [1.807, 2.05) is 13.8 Å². The second kappa shape index (κ2) is 5.86. The second-order valence-electron chi connectivity index (χ2n) is 4.58. The van der Waals surface area contributed by atoms with Crippen LogP contribution in [-0.2, 0) is 6.54 Å². The number of aryl methyl sites for hydroxylation is 1. The third-order valence-corrected chi connectivity index (χ3v) is 3.15. The SMILES string of the molecule is CCn1cc(NC(C)c2ccc(F)c(F)c2)ccc1=O. The van der Waals surface area contributed by atoms with Crippen molar-refractivity contribution in [3.63, 3.8) is 0 Å². The van der Waals surface area contributed by atoms with E-state index in [9.17, 15) is 13.6 Å². The molecule has 0 aliphatic heterocycles. The van der Waals surface area contributed by atoms with Gasteiger partial charge in [0.1, 0.15) is 0 Å². The molecule has 0 aliphatic carbocycles. The minimum absolute atomic E-state index is 0.0708. The predicted octanol–water partition coefficient (Wildman–Crippen LogP) is 3.32. The summed E-state index contributed by atoms with van der Waals surface area (Å²) >= 11 is 0. The lowest BCUT2D eigenvalue weighted by Crippen LogP contribution is -2.18. The molecule has 5 heteroatoms. The van der Waals surface area contributed by atoms with Crippen LogP contribution in [0.2, 0.25) is 0 Å². The summed E-state index contributed by atoms with van der Waals surface area (Å²) < 4.78 is 27.7. The molecule has 0 radical (unpaired) electrons. The average molecular weight is 278 g/mol. The van der Waals surface area contributed by atoms with Gasteiger partial charge in [0, 0.05) is 24.8 Å². The van der Waals surface area contributed by atoms with Gasteiger partial charge in [-0.25, -0.2) is 8.78 Å². The highest BCUT2D eigenvalue weighted by atomic mass is 19.2. The molecule has 1 aromatic heterocycles. The summed E-state index contributed by atoms with van der Waals surface area (Å²) in [6, 6.07) is 6.76. The summed E-state index contributed by atoms with van der Waals surface area (Å²) in [5, 5.41) is 3.16. The van der Waals surface area contributed by atoms with Gasteiger partial charge in [0.05, 0.1) is 5.69 Å². The van der Waals surface area contributed by atoms with Crippen molar-refractivity contribution >= 4 is 5.69 Å². The average Bonchev–Trinajstić information content (AvgIpc) is 2.43. The van der Waals surface area contributed by atoms with E-state index in [1.165, 1.54) is 18.2 Å². The molecule has 0 bridgehead atoms. The van der Waals surface area contributed by atoms with E-state index < -0.39 is 11.6 Å². The molecule has 0 spiro atoms. The highest BCUT2D eigenvalue weighted by Gasteiger charge is 2.09. The zero-order chi connectivity index (χ0) is 14.7. The van der Waals surface area contributed by atoms with Crippen LogP contribution in [0, 0.1) is 11.6 Å². The van der Waals surface area contributed by atoms with Gasteiger partial charge in [0.15, 0.2) is 11.6 Å². The van der Waals surface area contributed by atoms with Crippen LogP contribution >= 0.6 is 0 Å². The Labute approximate surface area is 115 Å². The van der Waals surface area contributed by atoms with Crippen LogP contribution in [-0.4, -0.2) is 4.57 Å². The van der Waals surface area contributed by atoms with Gasteiger partial charge in [-0.3, -0.25) is 4.79 Å². The van der Waals surface area contributed by atoms with Crippen LogP contribution in [0.15, 0.2) is 41.3 Å². The van der Waals surface area contributed by atoms with Crippen LogP contribution in [0.3, 0.4) is 0 Å². The molecule has 0 amide bonds. The van der Waals surface area contributed by atoms with Crippen molar-refractivity contribution in [2.24, 2.45) is 0 Å². The molecule has 1 unspecified atom stereocenters. The Bertz CT molecular complexity index is 667. The lowest BCUT2D eigenvalue weighted by atomic mass is 10.1. The van der Waals surface area contributed by atoms with Gasteiger partial charge < -0.3 is 9.88 Å². The maximum Gasteiger partial charge on any atom is 0.250 e. The molecule has 0 aliphatic rings. The molecule has 106 valence electrons. The quantitative estimate of drug-likeness (QED) is 0.931. The summed E-state index contributed by atoms with van der Waals surface area (Å²) in [5.41, 5.74) is 1.32. The van der Waals surface area contributed by atoms with Crippen molar-refractivity contribution in [2.45, 2.75) is 26.4 Å². The van der Waals surface area contributed by atoms with E-state index in [-0.39, 0.29) is 11.6 Å². The van der Waals surface area contributed by atoms with Crippen LogP contribution < -0.4 is 10.9 Å². The molecule has 1 heterocycles. The Morgan fingerprint density at radius 3 is 2.60 bits per heavy atom. The lowest BCUT2D eigenvalue weighted by molar-refractivity contribution is 0.506. The molecule has 2 aromatic rings. The van der Waals surface area contributed by atoms with Crippen molar-refractivity contribution in [1.82, 2.24) is 4.57 Å². The summed E-state index contributed by atoms with van der Waals surface area (Å²) in [4.78, 5) is 11.5. The monoisotopic (exact) mass is 278 g/mol. The van der Waals surface area contributed by atoms with Gasteiger partial charge in [-0.15, -0.1) is 0 Å². The third kappa shape index (κ3) is 3.04. The molecule has 20 heavy (non-hydrogen) atoms. The molecule has 1 N–H and O–H groups in total. The number of pyridine rings is 1. The molecule has 1 atom stereocenters. The first-order valence-corrected chi connectivity index (χ1v) is 6.43. The van der Waals surface area contributed by atoms with E-state index in [4.69, 9.17) is 0 Å². The number of rotatable bonds is 4. The van der Waals surface area contributed by atoms with Gasteiger partial charge >= 0.3 is 0 Å². The number of nitrogens with zero attached hydrogens (tertiary/aromatic N) is 1. The number of anilines is 1. The van der Waals surface area contributed by atoms with Crippen LogP contribution in [0.1, 0.15) is 25.5 Å². The third-order valence-electron chi connectivity index (χ3n) is 3.15. The number of hydrogen-bond donors (Lipinski definition) is 1. The van der Waals surface area contributed by atoms with Crippen molar-refractivity contribution in [2.75, 3.05) is 5.32 Å². The minimum Gasteiger partial charge on any atom is -0.377 e. The van der Waals surface area contributed by atoms with Crippen molar-refractivity contribution in [1.29, 1.82) is 0 Å². The maximum atomic E-state index is 13.2. The molecule has 0 fully saturated rings. The fourth-order valence-corrected chi connectivity index (χ4v) is 1.98. The lowest BCUT2D eigenvalue weighted by Gasteiger charge is -2.16. The molecule has 0 saturated heterocycles. The molecular formula is C15H16F2N2O. The Hall–Kier alpha value is -2.17. The number of aromatic nitrogens is 1. The van der Waals surface area contributed by atoms with Gasteiger partial charge in [-0.05, 0) is 37.6 Å². The van der Waals surface area contributed by atoms with Crippen molar-refractivity contribution in [3.8, 4) is 0 Å². The molecule has 0 saturated carbocycles. The molecule has 2 rings (SSSR count). The Balaban J connectivity index is 2.20. The Kier molecular flexibility index (Phi) is 4.17. The summed E-state index contributed by atoms with van der Waals surface area (Å²) in [7, 11) is 0. The molecular weight excluding hydrogens is 262 g/mol. The fourth-order valence-electron chi connectivity index (χ4n) is 1.98. The smallest absolute Gasteiger partial charge is 0.250 e. The highest BCUT2D eigenvalue weighted by Crippen LogP contribution is 2.20. The normalized spacial score (nSPS) is 12.2. The first-order chi connectivity index (χ1) is 9.51. The largest absolute Gasteiger partial charge is 0.377 e. The Morgan fingerprint density at radius 1 is 1.20 bits per heavy atom. The van der Waals surface area contributed by atoms with Crippen LogP contribution in [0.25, 0.3) is 0 Å². The second-order valence-corrected chi connectivity index (χ2v) is 4.58. The zero-order valence-corrected chi connectivity index (χ0v) is 11.4. The fraction of sp³-hybridized carbons (Fsp3) is 0.267. The number of nitrogens with one attached hydrogen (secondary N) is 1. The highest BCUT2D eigenvalue weighted by molar-refractivity contribution is 5.43. The number of hydrogen-bond acceptors (Lipinski definition) is 2. The zero-order valence-electron chi connectivity index (χ0n) is 11.4. The molecule has 3 nitrogen and oxygen atoms in total. The van der Waals surface area contributed by atoms with Gasteiger partial charge in [-0.1, -0.05) is 6.07 Å². The topological polar surface area (TPSA) is 34.0 Å². The summed E-state index contributed by atoms with van der Waals surface area (Å²) in [5.74, 6) is -1.73. The predicted molar refractivity (Wildman–Crippen MR) is 74.8 cm³/mol. The van der Waals surface area contributed by atoms with Gasteiger partial charge in [-0.2, -0.15) is 0 Å². The van der Waals surface area contributed by atoms with Crippen LogP contribution in [0.5, 0.6) is 0 Å². The summed E-state index contributed by atoms with van der Waals surface area (Å²) in [6.07, 6.45) is 1.71. The number of halogens is 2. The maximum absolute atomic E-state index is 13.2. The number of benzene rings is 1. The first-order valence-electron chi connectivity index (χ1n) is 6.43. The van der Waals surface area contributed by atoms with E-state index >= 15 is 0 Å². The van der Waals surface area contributed by atoms with Crippen molar-refractivity contribution < 1.29 is 8.78 Å². The first kappa shape index (κ1) is 14.2. The molecule has 1 aromatic carbocycles. The van der Waals surface area contributed by atoms with Crippen molar-refractivity contribution in [3.05, 3.63) is 64.1 Å². The minimum atomic E-state index is -0.866. The van der Waals surface area contributed by atoms with E-state index in [0.29, 0.717) is 12.1 Å². The van der Waals surface area contributed by atoms with E-state index in [0.717, 1.165) is 11.8 Å². The van der Waals surface area contributed by atoms with E-state index in [2.05, 4.69) is 5.32 Å². The van der Waals surface area contributed by atoms with Crippen LogP contribution in [0.4, 0.5) is 14.5 Å². The Morgan fingerprint density at radius 2 is 1.95 bits per heavy atom. The standard InChI is InChI=1S/C15H16F2N2O/c1-3-19-9-12(5-7-15(19)20)18-10(2)11-4-6-13(16)14(17)8-11/h4-10,18H,3H2,1-2H3.